The van der Waals surface area contributed by atoms with Crippen LogP contribution in [0.15, 0.2) is 30.4 Å². The van der Waals surface area contributed by atoms with Crippen LogP contribution in [-0.2, 0) is 16.0 Å². The number of benzene rings is 1. The maximum Gasteiger partial charge on any atom is 0.254 e. The van der Waals surface area contributed by atoms with Gasteiger partial charge in [0.15, 0.2) is 0 Å². The van der Waals surface area contributed by atoms with Crippen LogP contribution in [0.25, 0.3) is 0 Å². The SMILES string of the molecule is CCOc1cccc2c1CC[C@@H]2N1C(=O)C=CC1=O. The molecular formula is C15H15NO3. The van der Waals surface area contributed by atoms with E-state index >= 15 is 0 Å². The maximum atomic E-state index is 11.8. The van der Waals surface area contributed by atoms with E-state index in [-0.39, 0.29) is 17.9 Å². The maximum absolute atomic E-state index is 11.8. The van der Waals surface area contributed by atoms with Gasteiger partial charge in [-0.15, -0.1) is 0 Å². The van der Waals surface area contributed by atoms with Crippen molar-refractivity contribution in [2.45, 2.75) is 25.8 Å². The molecule has 1 aromatic carbocycles. The van der Waals surface area contributed by atoms with E-state index in [1.54, 1.807) is 0 Å². The lowest BCUT2D eigenvalue weighted by molar-refractivity contribution is -0.139. The lowest BCUT2D eigenvalue weighted by Gasteiger charge is -2.23. The van der Waals surface area contributed by atoms with Crippen molar-refractivity contribution in [3.63, 3.8) is 0 Å². The molecule has 1 heterocycles. The van der Waals surface area contributed by atoms with Gasteiger partial charge in [-0.3, -0.25) is 14.5 Å². The Kier molecular flexibility index (Phi) is 2.85. The molecule has 98 valence electrons. The highest BCUT2D eigenvalue weighted by Gasteiger charge is 2.37. The van der Waals surface area contributed by atoms with Crippen LogP contribution in [0.1, 0.15) is 30.5 Å². The fourth-order valence-corrected chi connectivity index (χ4v) is 2.88. The number of carbonyl (C=O) groups excluding carboxylic acids is 2. The monoisotopic (exact) mass is 257 g/mol. The van der Waals surface area contributed by atoms with Gasteiger partial charge in [-0.25, -0.2) is 0 Å². The fraction of sp³-hybridized carbons (Fsp3) is 0.333. The average Bonchev–Trinajstić information content (AvgIpc) is 2.95. The van der Waals surface area contributed by atoms with E-state index < -0.39 is 0 Å². The number of hydrogen-bond donors (Lipinski definition) is 0. The molecule has 2 aliphatic rings. The number of amides is 2. The summed E-state index contributed by atoms with van der Waals surface area (Å²) in [5.41, 5.74) is 2.17. The standard InChI is InChI=1S/C15H15NO3/c1-2-19-13-5-3-4-10-11(13)6-7-12(10)16-14(17)8-9-15(16)18/h3-5,8-9,12H,2,6-7H2,1H3/t12-/m0/s1. The quantitative estimate of drug-likeness (QED) is 0.778. The Hall–Kier alpha value is -2.10. The molecule has 3 rings (SSSR count). The molecule has 0 bridgehead atoms. The number of rotatable bonds is 3. The lowest BCUT2D eigenvalue weighted by Crippen LogP contribution is -2.33. The highest BCUT2D eigenvalue weighted by atomic mass is 16.5. The van der Waals surface area contributed by atoms with Crippen molar-refractivity contribution in [1.29, 1.82) is 0 Å². The molecule has 0 unspecified atom stereocenters. The zero-order valence-electron chi connectivity index (χ0n) is 10.8. The molecule has 4 heteroatoms. The summed E-state index contributed by atoms with van der Waals surface area (Å²) in [6.45, 7) is 2.56. The van der Waals surface area contributed by atoms with Gasteiger partial charge in [0.05, 0.1) is 12.6 Å². The van der Waals surface area contributed by atoms with Crippen molar-refractivity contribution in [2.24, 2.45) is 0 Å². The Morgan fingerprint density at radius 3 is 2.68 bits per heavy atom. The van der Waals surface area contributed by atoms with E-state index in [1.165, 1.54) is 17.1 Å². The summed E-state index contributed by atoms with van der Waals surface area (Å²) in [6.07, 6.45) is 4.30. The molecule has 0 N–H and O–H groups in total. The van der Waals surface area contributed by atoms with Crippen LogP contribution in [0.4, 0.5) is 0 Å². The number of ether oxygens (including phenoxy) is 1. The molecule has 0 saturated carbocycles. The zero-order valence-corrected chi connectivity index (χ0v) is 10.8. The third kappa shape index (κ3) is 1.84. The van der Waals surface area contributed by atoms with Crippen molar-refractivity contribution in [3.05, 3.63) is 41.5 Å². The Labute approximate surface area is 111 Å². The Balaban J connectivity index is 1.97. The predicted octanol–water partition coefficient (Wildman–Crippen LogP) is 2.00. The number of imide groups is 1. The first-order valence-electron chi connectivity index (χ1n) is 6.52. The van der Waals surface area contributed by atoms with Gasteiger partial charge in [0.2, 0.25) is 0 Å². The van der Waals surface area contributed by atoms with Gasteiger partial charge in [0.1, 0.15) is 5.75 Å². The second kappa shape index (κ2) is 4.53. The first-order valence-corrected chi connectivity index (χ1v) is 6.52. The van der Waals surface area contributed by atoms with Crippen LogP contribution in [0.5, 0.6) is 5.75 Å². The molecule has 1 aliphatic heterocycles. The largest absolute Gasteiger partial charge is 0.494 e. The van der Waals surface area contributed by atoms with Crippen LogP contribution in [0, 0.1) is 0 Å². The number of fused-ring (bicyclic) bond motifs is 1. The Morgan fingerprint density at radius 2 is 2.00 bits per heavy atom. The molecule has 1 aromatic rings. The molecule has 1 atom stereocenters. The normalized spacial score (nSPS) is 21.1. The van der Waals surface area contributed by atoms with Crippen molar-refractivity contribution in [3.8, 4) is 5.75 Å². The van der Waals surface area contributed by atoms with E-state index in [0.29, 0.717) is 6.61 Å². The van der Waals surface area contributed by atoms with Crippen molar-refractivity contribution < 1.29 is 14.3 Å². The first kappa shape index (κ1) is 12.0. The second-order valence-corrected chi connectivity index (χ2v) is 4.69. The summed E-state index contributed by atoms with van der Waals surface area (Å²) < 4.78 is 5.61. The minimum Gasteiger partial charge on any atom is -0.494 e. The van der Waals surface area contributed by atoms with Crippen LogP contribution in [-0.4, -0.2) is 23.3 Å². The van der Waals surface area contributed by atoms with Crippen molar-refractivity contribution in [2.75, 3.05) is 6.61 Å². The molecule has 0 saturated heterocycles. The Bertz CT molecular complexity index is 559. The lowest BCUT2D eigenvalue weighted by atomic mass is 10.1. The van der Waals surface area contributed by atoms with Crippen molar-refractivity contribution >= 4 is 11.8 Å². The smallest absolute Gasteiger partial charge is 0.254 e. The summed E-state index contributed by atoms with van der Waals surface area (Å²) in [6, 6.07) is 5.69. The third-order valence-corrected chi connectivity index (χ3v) is 3.65. The topological polar surface area (TPSA) is 46.6 Å². The average molecular weight is 257 g/mol. The third-order valence-electron chi connectivity index (χ3n) is 3.65. The summed E-state index contributed by atoms with van der Waals surface area (Å²) in [5.74, 6) is 0.434. The van der Waals surface area contributed by atoms with Gasteiger partial charge >= 0.3 is 0 Å². The van der Waals surface area contributed by atoms with E-state index in [0.717, 1.165) is 29.7 Å². The number of nitrogens with zero attached hydrogens (tertiary/aromatic N) is 1. The molecular weight excluding hydrogens is 242 g/mol. The summed E-state index contributed by atoms with van der Waals surface area (Å²) in [4.78, 5) is 24.9. The fourth-order valence-electron chi connectivity index (χ4n) is 2.88. The van der Waals surface area contributed by atoms with Gasteiger partial charge < -0.3 is 4.74 Å². The van der Waals surface area contributed by atoms with Crippen LogP contribution in [0.3, 0.4) is 0 Å². The van der Waals surface area contributed by atoms with Gasteiger partial charge in [-0.2, -0.15) is 0 Å². The molecule has 0 aromatic heterocycles. The van der Waals surface area contributed by atoms with E-state index in [4.69, 9.17) is 4.74 Å². The molecule has 1 aliphatic carbocycles. The zero-order chi connectivity index (χ0) is 13.4. The second-order valence-electron chi connectivity index (χ2n) is 4.69. The van der Waals surface area contributed by atoms with E-state index in [9.17, 15) is 9.59 Å². The predicted molar refractivity (Wildman–Crippen MR) is 69.7 cm³/mol. The molecule has 19 heavy (non-hydrogen) atoms. The highest BCUT2D eigenvalue weighted by Crippen LogP contribution is 2.41. The van der Waals surface area contributed by atoms with Crippen molar-refractivity contribution in [1.82, 2.24) is 4.90 Å². The van der Waals surface area contributed by atoms with Crippen LogP contribution >= 0.6 is 0 Å². The summed E-state index contributed by atoms with van der Waals surface area (Å²) >= 11 is 0. The minimum absolute atomic E-state index is 0.148. The first-order chi connectivity index (χ1) is 9.22. The summed E-state index contributed by atoms with van der Waals surface area (Å²) in [5, 5.41) is 0. The molecule has 2 amide bonds. The summed E-state index contributed by atoms with van der Waals surface area (Å²) in [7, 11) is 0. The van der Waals surface area contributed by atoms with E-state index in [2.05, 4.69) is 0 Å². The number of carbonyl (C=O) groups is 2. The van der Waals surface area contributed by atoms with Gasteiger partial charge in [0, 0.05) is 12.2 Å². The van der Waals surface area contributed by atoms with Crippen LogP contribution < -0.4 is 4.74 Å². The number of hydrogen-bond acceptors (Lipinski definition) is 3. The molecule has 0 spiro atoms. The molecule has 4 nitrogen and oxygen atoms in total. The van der Waals surface area contributed by atoms with Gasteiger partial charge in [-0.05, 0) is 37.0 Å². The van der Waals surface area contributed by atoms with Gasteiger partial charge in [-0.1, -0.05) is 12.1 Å². The van der Waals surface area contributed by atoms with E-state index in [1.807, 2.05) is 25.1 Å². The Morgan fingerprint density at radius 1 is 1.26 bits per heavy atom. The highest BCUT2D eigenvalue weighted by molar-refractivity contribution is 6.13. The molecule has 0 radical (unpaired) electrons. The molecule has 0 fully saturated rings. The van der Waals surface area contributed by atoms with Crippen LogP contribution in [0.2, 0.25) is 0 Å². The van der Waals surface area contributed by atoms with Gasteiger partial charge in [0.25, 0.3) is 11.8 Å². The minimum atomic E-state index is -0.218.